The van der Waals surface area contributed by atoms with Crippen LogP contribution in [0.2, 0.25) is 25.2 Å². The molecule has 0 aliphatic rings. The van der Waals surface area contributed by atoms with Crippen LogP contribution in [0.4, 0.5) is 0 Å². The summed E-state index contributed by atoms with van der Waals surface area (Å²) in [4.78, 5) is 8.73. The van der Waals surface area contributed by atoms with E-state index in [0.29, 0.717) is 30.7 Å². The Morgan fingerprint density at radius 1 is 0.525 bits per heavy atom. The van der Waals surface area contributed by atoms with E-state index >= 15 is 0 Å². The minimum Gasteiger partial charge on any atom is -0.423 e. The van der Waals surface area contributed by atoms with Gasteiger partial charge in [-0.05, 0) is 54.0 Å². The van der Waals surface area contributed by atoms with Crippen molar-refractivity contribution >= 4 is 92.4 Å². The van der Waals surface area contributed by atoms with Gasteiger partial charge in [-0.3, -0.25) is 0 Å². The number of fused-ring (bicyclic) bond motifs is 2. The Morgan fingerprint density at radius 3 is 1.55 bits per heavy atom. The SMILES string of the molecule is Clc1cc(Cl)c2ccccc2n1.Clc1ccc(-c2cc(Cl)c3ccccc3n2)cc1.OB(O)c1ccc(Cl)cc1. The van der Waals surface area contributed by atoms with Crippen LogP contribution in [0.1, 0.15) is 0 Å². The van der Waals surface area contributed by atoms with E-state index in [-0.39, 0.29) is 0 Å². The van der Waals surface area contributed by atoms with Crippen LogP contribution < -0.4 is 5.46 Å². The summed E-state index contributed by atoms with van der Waals surface area (Å²) in [5.41, 5.74) is 4.04. The molecule has 4 aromatic carbocycles. The summed E-state index contributed by atoms with van der Waals surface area (Å²) in [6.45, 7) is 0. The number of aromatic nitrogens is 2. The highest BCUT2D eigenvalue weighted by Gasteiger charge is 2.09. The van der Waals surface area contributed by atoms with Crippen LogP contribution in [-0.4, -0.2) is 27.1 Å². The molecule has 10 heteroatoms. The van der Waals surface area contributed by atoms with Crippen LogP contribution >= 0.6 is 58.0 Å². The molecule has 0 saturated carbocycles. The van der Waals surface area contributed by atoms with Crippen LogP contribution in [0.3, 0.4) is 0 Å². The molecule has 0 amide bonds. The number of rotatable bonds is 2. The number of nitrogens with zero attached hydrogens (tertiary/aromatic N) is 2. The molecular formula is C30H20BCl5N2O2. The van der Waals surface area contributed by atoms with Crippen molar-refractivity contribution in [1.29, 1.82) is 0 Å². The predicted molar refractivity (Wildman–Crippen MR) is 170 cm³/mol. The maximum atomic E-state index is 8.63. The summed E-state index contributed by atoms with van der Waals surface area (Å²) in [6.07, 6.45) is 0. The number of halogens is 5. The third-order valence-corrected chi connectivity index (χ3v) is 6.93. The maximum absolute atomic E-state index is 8.63. The van der Waals surface area contributed by atoms with Crippen molar-refractivity contribution in [3.05, 3.63) is 134 Å². The van der Waals surface area contributed by atoms with E-state index in [1.165, 1.54) is 0 Å². The standard InChI is InChI=1S/C15H9Cl2N.C9H5Cl2N.C6H6BClO2/c16-11-7-5-10(6-8-11)15-9-13(17)12-3-1-2-4-14(12)18-15;10-7-5-9(11)12-8-4-2-1-3-6(7)8;8-6-3-1-5(2-4-6)7(9)10/h1-9H;1-5H;1-4,9-10H. The zero-order valence-corrected chi connectivity index (χ0v) is 24.4. The lowest BCUT2D eigenvalue weighted by Gasteiger charge is -2.05. The fourth-order valence-electron chi connectivity index (χ4n) is 3.64. The highest BCUT2D eigenvalue weighted by atomic mass is 35.5. The first-order valence-electron chi connectivity index (χ1n) is 11.8. The minimum absolute atomic E-state index is 0.429. The Kier molecular flexibility index (Phi) is 10.7. The lowest BCUT2D eigenvalue weighted by Crippen LogP contribution is -2.29. The highest BCUT2D eigenvalue weighted by Crippen LogP contribution is 2.28. The van der Waals surface area contributed by atoms with Gasteiger partial charge in [0.05, 0.1) is 26.8 Å². The highest BCUT2D eigenvalue weighted by molar-refractivity contribution is 6.58. The van der Waals surface area contributed by atoms with Crippen LogP contribution in [0.25, 0.3) is 33.1 Å². The lowest BCUT2D eigenvalue weighted by atomic mass is 9.81. The first-order valence-corrected chi connectivity index (χ1v) is 13.7. The van der Waals surface area contributed by atoms with Gasteiger partial charge in [0.2, 0.25) is 0 Å². The molecule has 2 heterocycles. The van der Waals surface area contributed by atoms with E-state index in [1.54, 1.807) is 30.3 Å². The van der Waals surface area contributed by atoms with E-state index in [4.69, 9.17) is 68.1 Å². The number of pyridine rings is 2. The quantitative estimate of drug-likeness (QED) is 0.149. The topological polar surface area (TPSA) is 66.2 Å². The second-order valence-electron chi connectivity index (χ2n) is 8.38. The Balaban J connectivity index is 0.000000147. The second-order valence-corrected chi connectivity index (χ2v) is 10.5. The van der Waals surface area contributed by atoms with Crippen LogP contribution in [0, 0.1) is 0 Å². The predicted octanol–water partition coefficient (Wildman–Crippen LogP) is 8.77. The normalized spacial score (nSPS) is 10.4. The summed E-state index contributed by atoms with van der Waals surface area (Å²) in [5, 5.41) is 22.2. The van der Waals surface area contributed by atoms with Gasteiger partial charge >= 0.3 is 7.12 Å². The van der Waals surface area contributed by atoms with Crippen LogP contribution in [0.5, 0.6) is 0 Å². The molecule has 2 N–H and O–H groups in total. The van der Waals surface area contributed by atoms with Gasteiger partial charge in [0, 0.05) is 26.4 Å². The summed E-state index contributed by atoms with van der Waals surface area (Å²) in [7, 11) is -1.41. The molecule has 0 saturated heterocycles. The Morgan fingerprint density at radius 2 is 1.00 bits per heavy atom. The molecule has 0 radical (unpaired) electrons. The van der Waals surface area contributed by atoms with E-state index in [9.17, 15) is 0 Å². The van der Waals surface area contributed by atoms with Crippen molar-refractivity contribution in [2.45, 2.75) is 0 Å². The summed E-state index contributed by atoms with van der Waals surface area (Å²) >= 11 is 29.4. The molecule has 2 aromatic heterocycles. The van der Waals surface area contributed by atoms with E-state index in [0.717, 1.165) is 33.1 Å². The molecule has 0 spiro atoms. The molecule has 0 aliphatic heterocycles. The molecule has 4 nitrogen and oxygen atoms in total. The van der Waals surface area contributed by atoms with Crippen molar-refractivity contribution in [3.63, 3.8) is 0 Å². The van der Waals surface area contributed by atoms with Crippen molar-refractivity contribution in [2.75, 3.05) is 0 Å². The first kappa shape index (κ1) is 30.1. The van der Waals surface area contributed by atoms with Gasteiger partial charge in [-0.15, -0.1) is 0 Å². The lowest BCUT2D eigenvalue weighted by molar-refractivity contribution is 0.426. The molecule has 0 fully saturated rings. The minimum atomic E-state index is -1.41. The van der Waals surface area contributed by atoms with Gasteiger partial charge in [0.1, 0.15) is 5.15 Å². The average Bonchev–Trinajstić information content (AvgIpc) is 2.94. The van der Waals surface area contributed by atoms with E-state index in [1.807, 2.05) is 78.9 Å². The Hall–Kier alpha value is -2.87. The van der Waals surface area contributed by atoms with E-state index in [2.05, 4.69) is 9.97 Å². The van der Waals surface area contributed by atoms with Gasteiger partial charge in [-0.1, -0.05) is 119 Å². The zero-order valence-electron chi connectivity index (χ0n) is 20.6. The molecule has 6 aromatic rings. The zero-order chi connectivity index (χ0) is 28.6. The van der Waals surface area contributed by atoms with Gasteiger partial charge in [-0.25, -0.2) is 9.97 Å². The summed E-state index contributed by atoms with van der Waals surface area (Å²) in [5.74, 6) is 0. The first-order chi connectivity index (χ1) is 19.2. The van der Waals surface area contributed by atoms with Crippen molar-refractivity contribution in [2.24, 2.45) is 0 Å². The number of benzene rings is 4. The second kappa shape index (κ2) is 14.2. The number of hydrogen-bond donors (Lipinski definition) is 2. The summed E-state index contributed by atoms with van der Waals surface area (Å²) < 4.78 is 0. The van der Waals surface area contributed by atoms with E-state index < -0.39 is 7.12 Å². The van der Waals surface area contributed by atoms with Crippen molar-refractivity contribution in [1.82, 2.24) is 9.97 Å². The van der Waals surface area contributed by atoms with Gasteiger partial charge < -0.3 is 10.0 Å². The number of hydrogen-bond acceptors (Lipinski definition) is 4. The van der Waals surface area contributed by atoms with Crippen LogP contribution in [-0.2, 0) is 0 Å². The monoisotopic (exact) mass is 626 g/mol. The largest absolute Gasteiger partial charge is 0.488 e. The Labute approximate surface area is 256 Å². The molecule has 40 heavy (non-hydrogen) atoms. The van der Waals surface area contributed by atoms with Crippen LogP contribution in [0.15, 0.2) is 109 Å². The van der Waals surface area contributed by atoms with Crippen molar-refractivity contribution in [3.8, 4) is 11.3 Å². The van der Waals surface area contributed by atoms with Gasteiger partial charge in [-0.2, -0.15) is 0 Å². The Bertz CT molecular complexity index is 1730. The third kappa shape index (κ3) is 8.09. The smallest absolute Gasteiger partial charge is 0.423 e. The third-order valence-electron chi connectivity index (χ3n) is 5.61. The molecule has 6 rings (SSSR count). The van der Waals surface area contributed by atoms with Gasteiger partial charge in [0.25, 0.3) is 0 Å². The molecule has 0 bridgehead atoms. The summed E-state index contributed by atoms with van der Waals surface area (Å²) in [6, 6.07) is 32.9. The fraction of sp³-hybridized carbons (Fsp3) is 0. The maximum Gasteiger partial charge on any atom is 0.488 e. The average molecular weight is 629 g/mol. The molecule has 0 aliphatic carbocycles. The fourth-order valence-corrected chi connectivity index (χ4v) is 4.67. The molecule has 200 valence electrons. The van der Waals surface area contributed by atoms with Crippen molar-refractivity contribution < 1.29 is 10.0 Å². The molecular weight excluding hydrogens is 608 g/mol. The number of para-hydroxylation sites is 2. The molecule has 0 unspecified atom stereocenters. The molecule has 0 atom stereocenters. The van der Waals surface area contributed by atoms with Gasteiger partial charge in [0.15, 0.2) is 0 Å².